The van der Waals surface area contributed by atoms with Gasteiger partial charge in [0, 0.05) is 13.2 Å². The summed E-state index contributed by atoms with van der Waals surface area (Å²) >= 11 is 0. The minimum Gasteiger partial charge on any atom is -0.379 e. The largest absolute Gasteiger partial charge is 0.379 e. The van der Waals surface area contributed by atoms with Gasteiger partial charge < -0.3 is 14.8 Å². The Morgan fingerprint density at radius 2 is 1.85 bits per heavy atom. The van der Waals surface area contributed by atoms with Crippen LogP contribution in [0.3, 0.4) is 0 Å². The summed E-state index contributed by atoms with van der Waals surface area (Å²) in [6.07, 6.45) is 1.07. The highest BCUT2D eigenvalue weighted by atomic mass is 16.5. The lowest BCUT2D eigenvalue weighted by Gasteiger charge is -2.24. The van der Waals surface area contributed by atoms with Crippen molar-refractivity contribution in [2.45, 2.75) is 32.8 Å². The fourth-order valence-corrected chi connectivity index (χ4v) is 1.10. The van der Waals surface area contributed by atoms with Gasteiger partial charge in [-0.15, -0.1) is 0 Å². The standard InChI is InChI=1S/C10H23NO2/c1-5-6-12-7-8-13-10(2,3)9-11-4/h11H,5-9H2,1-4H3. The van der Waals surface area contributed by atoms with E-state index in [0.29, 0.717) is 13.2 Å². The first-order valence-electron chi connectivity index (χ1n) is 4.98. The maximum atomic E-state index is 5.63. The van der Waals surface area contributed by atoms with E-state index in [0.717, 1.165) is 19.6 Å². The molecule has 0 saturated carbocycles. The Bertz CT molecular complexity index is 115. The molecule has 80 valence electrons. The van der Waals surface area contributed by atoms with E-state index in [4.69, 9.17) is 9.47 Å². The molecule has 0 aliphatic heterocycles. The second kappa shape index (κ2) is 7.30. The second-order valence-corrected chi connectivity index (χ2v) is 3.75. The Hall–Kier alpha value is -0.120. The summed E-state index contributed by atoms with van der Waals surface area (Å²) in [6.45, 7) is 9.31. The van der Waals surface area contributed by atoms with E-state index in [1.165, 1.54) is 0 Å². The van der Waals surface area contributed by atoms with E-state index >= 15 is 0 Å². The summed E-state index contributed by atoms with van der Waals surface area (Å²) in [5, 5.41) is 3.09. The molecule has 0 unspecified atom stereocenters. The van der Waals surface area contributed by atoms with Crippen molar-refractivity contribution in [2.24, 2.45) is 0 Å². The second-order valence-electron chi connectivity index (χ2n) is 3.75. The van der Waals surface area contributed by atoms with Gasteiger partial charge in [-0.3, -0.25) is 0 Å². The van der Waals surface area contributed by atoms with Crippen LogP contribution >= 0.6 is 0 Å². The summed E-state index contributed by atoms with van der Waals surface area (Å²) in [6, 6.07) is 0. The predicted octanol–water partition coefficient (Wildman–Crippen LogP) is 1.43. The van der Waals surface area contributed by atoms with Crippen LogP contribution in [0.5, 0.6) is 0 Å². The Labute approximate surface area is 81.8 Å². The first-order chi connectivity index (χ1) is 6.12. The molecule has 0 aromatic rings. The molecule has 0 atom stereocenters. The van der Waals surface area contributed by atoms with Gasteiger partial charge in [-0.25, -0.2) is 0 Å². The van der Waals surface area contributed by atoms with Crippen molar-refractivity contribution in [3.05, 3.63) is 0 Å². The fourth-order valence-electron chi connectivity index (χ4n) is 1.10. The van der Waals surface area contributed by atoms with Crippen LogP contribution in [0.4, 0.5) is 0 Å². The molecular formula is C10H23NO2. The van der Waals surface area contributed by atoms with Gasteiger partial charge in [0.05, 0.1) is 18.8 Å². The molecular weight excluding hydrogens is 166 g/mol. The van der Waals surface area contributed by atoms with Gasteiger partial charge in [-0.2, -0.15) is 0 Å². The van der Waals surface area contributed by atoms with E-state index in [-0.39, 0.29) is 5.60 Å². The summed E-state index contributed by atoms with van der Waals surface area (Å²) in [5.74, 6) is 0. The molecule has 0 aromatic heterocycles. The molecule has 13 heavy (non-hydrogen) atoms. The summed E-state index contributed by atoms with van der Waals surface area (Å²) in [7, 11) is 1.93. The van der Waals surface area contributed by atoms with Crippen molar-refractivity contribution in [3.8, 4) is 0 Å². The third kappa shape index (κ3) is 8.22. The van der Waals surface area contributed by atoms with E-state index in [2.05, 4.69) is 26.1 Å². The maximum Gasteiger partial charge on any atom is 0.0751 e. The Morgan fingerprint density at radius 1 is 1.15 bits per heavy atom. The van der Waals surface area contributed by atoms with E-state index in [1.54, 1.807) is 0 Å². The maximum absolute atomic E-state index is 5.63. The van der Waals surface area contributed by atoms with Crippen LogP contribution < -0.4 is 5.32 Å². The molecule has 0 fully saturated rings. The first kappa shape index (κ1) is 12.9. The smallest absolute Gasteiger partial charge is 0.0751 e. The van der Waals surface area contributed by atoms with Gasteiger partial charge >= 0.3 is 0 Å². The van der Waals surface area contributed by atoms with Crippen molar-refractivity contribution in [1.29, 1.82) is 0 Å². The Balaban J connectivity index is 3.29. The molecule has 0 heterocycles. The highest BCUT2D eigenvalue weighted by molar-refractivity contribution is 4.70. The average molecular weight is 189 g/mol. The highest BCUT2D eigenvalue weighted by Crippen LogP contribution is 2.06. The van der Waals surface area contributed by atoms with Crippen LogP contribution in [0, 0.1) is 0 Å². The average Bonchev–Trinajstić information content (AvgIpc) is 2.04. The molecule has 0 spiro atoms. The van der Waals surface area contributed by atoms with Gasteiger partial charge in [0.15, 0.2) is 0 Å². The topological polar surface area (TPSA) is 30.5 Å². The monoisotopic (exact) mass is 189 g/mol. The van der Waals surface area contributed by atoms with Crippen molar-refractivity contribution < 1.29 is 9.47 Å². The molecule has 0 rings (SSSR count). The number of ether oxygens (including phenoxy) is 2. The van der Waals surface area contributed by atoms with Crippen molar-refractivity contribution in [2.75, 3.05) is 33.4 Å². The fraction of sp³-hybridized carbons (Fsp3) is 1.00. The van der Waals surface area contributed by atoms with Crippen molar-refractivity contribution in [1.82, 2.24) is 5.32 Å². The number of rotatable bonds is 8. The lowest BCUT2D eigenvalue weighted by molar-refractivity contribution is -0.0435. The molecule has 0 amide bonds. The molecule has 1 N–H and O–H groups in total. The zero-order valence-electron chi connectivity index (χ0n) is 9.35. The minimum absolute atomic E-state index is 0.0929. The van der Waals surface area contributed by atoms with Gasteiger partial charge in [0.25, 0.3) is 0 Å². The van der Waals surface area contributed by atoms with Crippen molar-refractivity contribution in [3.63, 3.8) is 0 Å². The summed E-state index contributed by atoms with van der Waals surface area (Å²) < 4.78 is 10.9. The van der Waals surface area contributed by atoms with Crippen LogP contribution in [0.15, 0.2) is 0 Å². The van der Waals surface area contributed by atoms with Gasteiger partial charge in [-0.1, -0.05) is 6.92 Å². The third-order valence-electron chi connectivity index (χ3n) is 1.67. The van der Waals surface area contributed by atoms with Crippen LogP contribution in [-0.2, 0) is 9.47 Å². The van der Waals surface area contributed by atoms with Gasteiger partial charge in [0.1, 0.15) is 0 Å². The molecule has 0 radical (unpaired) electrons. The van der Waals surface area contributed by atoms with Crippen molar-refractivity contribution >= 4 is 0 Å². The molecule has 0 aliphatic carbocycles. The quantitative estimate of drug-likeness (QED) is 0.586. The number of likely N-dealkylation sites (N-methyl/N-ethyl adjacent to an activating group) is 1. The van der Waals surface area contributed by atoms with Crippen LogP contribution in [0.2, 0.25) is 0 Å². The molecule has 0 saturated heterocycles. The van der Waals surface area contributed by atoms with E-state index in [1.807, 2.05) is 7.05 Å². The highest BCUT2D eigenvalue weighted by Gasteiger charge is 2.16. The van der Waals surface area contributed by atoms with Crippen LogP contribution in [0.25, 0.3) is 0 Å². The molecule has 3 nitrogen and oxygen atoms in total. The lowest BCUT2D eigenvalue weighted by Crippen LogP contribution is -2.36. The van der Waals surface area contributed by atoms with Crippen LogP contribution in [-0.4, -0.2) is 39.0 Å². The summed E-state index contributed by atoms with van der Waals surface area (Å²) in [4.78, 5) is 0. The third-order valence-corrected chi connectivity index (χ3v) is 1.67. The molecule has 0 aliphatic rings. The molecule has 3 heteroatoms. The zero-order chi connectivity index (χ0) is 10.2. The Morgan fingerprint density at radius 3 is 2.38 bits per heavy atom. The summed E-state index contributed by atoms with van der Waals surface area (Å²) in [5.41, 5.74) is -0.0929. The predicted molar refractivity (Wildman–Crippen MR) is 55.1 cm³/mol. The Kier molecular flexibility index (Phi) is 7.23. The van der Waals surface area contributed by atoms with Crippen LogP contribution in [0.1, 0.15) is 27.2 Å². The number of nitrogens with one attached hydrogen (secondary N) is 1. The van der Waals surface area contributed by atoms with Gasteiger partial charge in [0.2, 0.25) is 0 Å². The van der Waals surface area contributed by atoms with E-state index in [9.17, 15) is 0 Å². The van der Waals surface area contributed by atoms with Gasteiger partial charge in [-0.05, 0) is 27.3 Å². The molecule has 0 bridgehead atoms. The lowest BCUT2D eigenvalue weighted by atomic mass is 10.1. The minimum atomic E-state index is -0.0929. The number of hydrogen-bond acceptors (Lipinski definition) is 3. The zero-order valence-corrected chi connectivity index (χ0v) is 9.35. The van der Waals surface area contributed by atoms with E-state index < -0.39 is 0 Å². The SMILES string of the molecule is CCCOCCOC(C)(C)CNC. The molecule has 0 aromatic carbocycles. The first-order valence-corrected chi connectivity index (χ1v) is 4.98. The number of hydrogen-bond donors (Lipinski definition) is 1. The normalized spacial score (nSPS) is 12.0.